The summed E-state index contributed by atoms with van der Waals surface area (Å²) >= 11 is 6.63. The van der Waals surface area contributed by atoms with Gasteiger partial charge in [-0.15, -0.1) is 0 Å². The van der Waals surface area contributed by atoms with Crippen LogP contribution in [0, 0.1) is 23.5 Å². The molecule has 0 spiro atoms. The molecule has 4 fully saturated rings. The number of anilines is 4. The van der Waals surface area contributed by atoms with E-state index in [1.54, 1.807) is 38.5 Å². The van der Waals surface area contributed by atoms with Crippen molar-refractivity contribution in [2.24, 2.45) is 25.9 Å². The van der Waals surface area contributed by atoms with Crippen molar-refractivity contribution in [2.45, 2.75) is 88.1 Å². The highest BCUT2D eigenvalue weighted by atomic mass is 35.5. The zero-order chi connectivity index (χ0) is 44.8. The second kappa shape index (κ2) is 16.2. The molecule has 338 valence electrons. The van der Waals surface area contributed by atoms with E-state index in [1.165, 1.54) is 15.3 Å². The van der Waals surface area contributed by atoms with Gasteiger partial charge in [0.05, 0.1) is 35.1 Å². The number of piperidine rings is 3. The quantitative estimate of drug-likeness (QED) is 0.108. The standard InChI is InChI=1S/C45H49ClF4N10O4/c1-22(59-14-12-24(13-15-59)34-31(47)19-29-36(56-58(3)38(29)35(34)48)27-7-9-33(61)53-42(27)62)23-10-16-60(17-11-23)44-51-20-30(46)41(55-44)52-26-6-8-32-28(18-26)37-39(43(63)57(32)2)64-21-45(49,50)40(54-37)25-4-5-25/h6,8,18-20,22-25,27,40,54H,4-5,7,9-17,21H2,1-3H3,(H,51,52,55)(H,53,61,62). The average molecular weight is 905 g/mol. The topological polar surface area (TPSA) is 152 Å². The molecule has 10 rings (SSSR count). The number of carbonyl (C=O) groups excluding carboxylic acids is 2. The second-order valence-electron chi connectivity index (χ2n) is 18.2. The molecule has 5 aliphatic rings. The summed E-state index contributed by atoms with van der Waals surface area (Å²) in [5, 5.41) is 14.1. The van der Waals surface area contributed by atoms with Gasteiger partial charge >= 0.3 is 5.92 Å². The Morgan fingerprint density at radius 3 is 2.44 bits per heavy atom. The van der Waals surface area contributed by atoms with Gasteiger partial charge in [-0.25, -0.2) is 22.5 Å². The smallest absolute Gasteiger partial charge is 0.301 e. The van der Waals surface area contributed by atoms with Crippen molar-refractivity contribution in [3.05, 3.63) is 68.7 Å². The molecule has 14 nitrogen and oxygen atoms in total. The first kappa shape index (κ1) is 42.5. The molecule has 64 heavy (non-hydrogen) atoms. The maximum atomic E-state index is 16.3. The largest absolute Gasteiger partial charge is 0.480 e. The van der Waals surface area contributed by atoms with Gasteiger partial charge in [0.1, 0.15) is 16.4 Å². The predicted molar refractivity (Wildman–Crippen MR) is 234 cm³/mol. The SMILES string of the molecule is CC(C1CCN(c2ncc(Cl)c(Nc3ccc4c(c3)c3c(c(=O)n4C)OCC(F)(F)C(C4CC4)N3)n2)CC1)N1CCC(c2c(F)cc3c(C4CCC(=O)NC4=O)nn(C)c3c2F)CC1. The summed E-state index contributed by atoms with van der Waals surface area (Å²) < 4.78 is 70.8. The van der Waals surface area contributed by atoms with Crippen molar-refractivity contribution in [3.63, 3.8) is 0 Å². The van der Waals surface area contributed by atoms with E-state index in [0.717, 1.165) is 12.8 Å². The number of aromatic nitrogens is 5. The highest BCUT2D eigenvalue weighted by Crippen LogP contribution is 2.46. The third kappa shape index (κ3) is 7.49. The summed E-state index contributed by atoms with van der Waals surface area (Å²) in [6, 6.07) is 5.70. The molecule has 3 atom stereocenters. The molecule has 2 amide bonds. The second-order valence-corrected chi connectivity index (χ2v) is 18.6. The molecular weight excluding hydrogens is 856 g/mol. The number of amides is 2. The van der Waals surface area contributed by atoms with Crippen LogP contribution in [0.5, 0.6) is 5.75 Å². The van der Waals surface area contributed by atoms with Crippen LogP contribution in [0.3, 0.4) is 0 Å². The molecule has 5 aromatic rings. The van der Waals surface area contributed by atoms with Crippen molar-refractivity contribution in [3.8, 4) is 5.75 Å². The van der Waals surface area contributed by atoms with Crippen LogP contribution in [0.1, 0.15) is 81.4 Å². The summed E-state index contributed by atoms with van der Waals surface area (Å²) in [6.45, 7) is 4.15. The van der Waals surface area contributed by atoms with Crippen molar-refractivity contribution in [1.82, 2.24) is 34.5 Å². The Bertz CT molecular complexity index is 2760. The number of ether oxygens (including phenoxy) is 1. The number of rotatable bonds is 8. The fourth-order valence-corrected chi connectivity index (χ4v) is 10.6. The van der Waals surface area contributed by atoms with E-state index in [4.69, 9.17) is 21.3 Å². The lowest BCUT2D eigenvalue weighted by Gasteiger charge is -2.42. The van der Waals surface area contributed by atoms with Crippen molar-refractivity contribution in [2.75, 3.05) is 48.3 Å². The molecule has 4 aliphatic heterocycles. The number of carbonyl (C=O) groups is 2. The zero-order valence-corrected chi connectivity index (χ0v) is 36.5. The van der Waals surface area contributed by atoms with E-state index in [1.807, 2.05) is 0 Å². The van der Waals surface area contributed by atoms with E-state index in [-0.39, 0.29) is 70.2 Å². The first-order valence-corrected chi connectivity index (χ1v) is 22.4. The van der Waals surface area contributed by atoms with Crippen LogP contribution in [0.4, 0.5) is 40.7 Å². The first-order valence-electron chi connectivity index (χ1n) is 22.1. The highest BCUT2D eigenvalue weighted by molar-refractivity contribution is 6.33. The molecule has 3 saturated heterocycles. The Morgan fingerprint density at radius 2 is 1.72 bits per heavy atom. The summed E-state index contributed by atoms with van der Waals surface area (Å²) in [6.07, 6.45) is 6.24. The number of alkyl halides is 2. The number of nitrogens with zero attached hydrogens (tertiary/aromatic N) is 7. The van der Waals surface area contributed by atoms with Gasteiger partial charge in [-0.05, 0) is 107 Å². The van der Waals surface area contributed by atoms with Crippen LogP contribution < -0.4 is 31.1 Å². The summed E-state index contributed by atoms with van der Waals surface area (Å²) in [4.78, 5) is 51.5. The molecule has 3 N–H and O–H groups in total. The molecule has 0 radical (unpaired) electrons. The average Bonchev–Trinajstić information content (AvgIpc) is 4.08. The van der Waals surface area contributed by atoms with Crippen LogP contribution in [-0.4, -0.2) is 91.8 Å². The van der Waals surface area contributed by atoms with E-state index in [2.05, 4.69) is 42.8 Å². The van der Waals surface area contributed by atoms with Crippen molar-refractivity contribution in [1.29, 1.82) is 0 Å². The number of fused-ring (bicyclic) bond motifs is 4. The van der Waals surface area contributed by atoms with Crippen LogP contribution >= 0.6 is 11.6 Å². The third-order valence-corrected chi connectivity index (χ3v) is 14.6. The van der Waals surface area contributed by atoms with Gasteiger partial charge in [0, 0.05) is 61.7 Å². The maximum absolute atomic E-state index is 16.3. The van der Waals surface area contributed by atoms with Gasteiger partial charge in [0.2, 0.25) is 23.5 Å². The molecule has 1 saturated carbocycles. The summed E-state index contributed by atoms with van der Waals surface area (Å²) in [5.41, 5.74) is 1.39. The summed E-state index contributed by atoms with van der Waals surface area (Å²) in [5.74, 6) is -5.46. The summed E-state index contributed by atoms with van der Waals surface area (Å²) in [7, 11) is 3.17. The molecular formula is C45H49ClF4N10O4. The Labute approximate surface area is 370 Å². The number of aryl methyl sites for hydroxylation is 2. The molecule has 1 aliphatic carbocycles. The molecule has 3 unspecified atom stereocenters. The van der Waals surface area contributed by atoms with Crippen LogP contribution in [0.2, 0.25) is 5.02 Å². The number of halogens is 5. The Hall–Kier alpha value is -5.49. The Kier molecular flexibility index (Phi) is 10.7. The van der Waals surface area contributed by atoms with Crippen molar-refractivity contribution < 1.29 is 31.9 Å². The fraction of sp³-hybridized carbons (Fsp3) is 0.511. The molecule has 2 aromatic carbocycles. The number of hydrogen-bond donors (Lipinski definition) is 3. The van der Waals surface area contributed by atoms with Gasteiger partial charge in [-0.1, -0.05) is 11.6 Å². The third-order valence-electron chi connectivity index (χ3n) is 14.3. The fourth-order valence-electron chi connectivity index (χ4n) is 10.5. The number of likely N-dealkylation sites (tertiary alicyclic amines) is 1. The number of imide groups is 1. The van der Waals surface area contributed by atoms with E-state index < -0.39 is 47.6 Å². The van der Waals surface area contributed by atoms with E-state index in [0.29, 0.717) is 91.2 Å². The monoisotopic (exact) mass is 904 g/mol. The minimum atomic E-state index is -3.15. The van der Waals surface area contributed by atoms with E-state index in [9.17, 15) is 14.4 Å². The van der Waals surface area contributed by atoms with Crippen molar-refractivity contribution >= 4 is 68.4 Å². The highest BCUT2D eigenvalue weighted by Gasteiger charge is 2.51. The number of pyridine rings is 1. The predicted octanol–water partition coefficient (Wildman–Crippen LogP) is 7.11. The number of nitrogens with one attached hydrogen (secondary N) is 3. The lowest BCUT2D eigenvalue weighted by Crippen LogP contribution is -2.47. The Balaban J connectivity index is 0.790. The van der Waals surface area contributed by atoms with Gasteiger partial charge in [0.25, 0.3) is 5.56 Å². The molecule has 7 heterocycles. The lowest BCUT2D eigenvalue weighted by molar-refractivity contribution is -0.134. The zero-order valence-electron chi connectivity index (χ0n) is 35.7. The minimum absolute atomic E-state index is 0.0607. The maximum Gasteiger partial charge on any atom is 0.301 e. The first-order chi connectivity index (χ1) is 30.7. The number of hydrogen-bond acceptors (Lipinski definition) is 11. The molecule has 3 aromatic heterocycles. The normalized spacial score (nSPS) is 22.8. The van der Waals surface area contributed by atoms with Crippen LogP contribution in [0.15, 0.2) is 35.3 Å². The lowest BCUT2D eigenvalue weighted by atomic mass is 9.84. The number of benzene rings is 2. The van der Waals surface area contributed by atoms with Gasteiger partial charge in [-0.3, -0.25) is 24.4 Å². The van der Waals surface area contributed by atoms with Gasteiger partial charge < -0.3 is 29.7 Å². The molecule has 19 heteroatoms. The van der Waals surface area contributed by atoms with Gasteiger partial charge in [0.15, 0.2) is 18.2 Å². The van der Waals surface area contributed by atoms with E-state index >= 15 is 17.6 Å². The van der Waals surface area contributed by atoms with Gasteiger partial charge in [-0.2, -0.15) is 10.1 Å². The van der Waals surface area contributed by atoms with Crippen LogP contribution in [0.25, 0.3) is 21.8 Å². The Morgan fingerprint density at radius 1 is 0.969 bits per heavy atom. The molecule has 0 bridgehead atoms. The minimum Gasteiger partial charge on any atom is -0.480 e. The van der Waals surface area contributed by atoms with Crippen LogP contribution in [-0.2, 0) is 23.7 Å².